The molecule has 0 bridgehead atoms. The molecule has 1 atom stereocenters. The van der Waals surface area contributed by atoms with Gasteiger partial charge in [-0.1, -0.05) is 29.8 Å². The lowest BCUT2D eigenvalue weighted by atomic mass is 10.0. The largest absolute Gasteiger partial charge is 0.480 e. The van der Waals surface area contributed by atoms with Crippen molar-refractivity contribution in [1.29, 1.82) is 0 Å². The normalized spacial score (nSPS) is 12.6. The highest BCUT2D eigenvalue weighted by atomic mass is 79.9. The van der Waals surface area contributed by atoms with Gasteiger partial charge in [-0.25, -0.2) is 9.18 Å². The van der Waals surface area contributed by atoms with Gasteiger partial charge in [0.1, 0.15) is 17.6 Å². The van der Waals surface area contributed by atoms with E-state index in [2.05, 4.69) is 26.2 Å². The Morgan fingerprint density at radius 1 is 1.33 bits per heavy atom. The van der Waals surface area contributed by atoms with Gasteiger partial charge in [0.2, 0.25) is 0 Å². The van der Waals surface area contributed by atoms with Crippen LogP contribution in [0.15, 0.2) is 22.7 Å². The minimum absolute atomic E-state index is 0.119. The van der Waals surface area contributed by atoms with E-state index in [1.807, 2.05) is 0 Å². The lowest BCUT2D eigenvalue weighted by Gasteiger charge is -2.17. The minimum atomic E-state index is -1.11. The van der Waals surface area contributed by atoms with Crippen LogP contribution in [0.25, 0.3) is 10.9 Å². The van der Waals surface area contributed by atoms with Gasteiger partial charge in [0.25, 0.3) is 5.91 Å². The molecule has 2 rings (SSSR count). The Kier molecular flexibility index (Phi) is 4.32. The molecule has 0 unspecified atom stereocenters. The van der Waals surface area contributed by atoms with Crippen molar-refractivity contribution in [3.8, 4) is 0 Å². The maximum Gasteiger partial charge on any atom is 0.326 e. The smallest absolute Gasteiger partial charge is 0.326 e. The Morgan fingerprint density at radius 3 is 2.57 bits per heavy atom. The van der Waals surface area contributed by atoms with Crippen molar-refractivity contribution in [3.05, 3.63) is 34.2 Å². The fourth-order valence-corrected chi connectivity index (χ4v) is 2.45. The van der Waals surface area contributed by atoms with Crippen molar-refractivity contribution in [3.63, 3.8) is 0 Å². The van der Waals surface area contributed by atoms with Gasteiger partial charge in [-0.3, -0.25) is 4.79 Å². The molecule has 0 aliphatic carbocycles. The number of aliphatic carboxylic acids is 1. The van der Waals surface area contributed by atoms with Crippen molar-refractivity contribution in [2.45, 2.75) is 19.9 Å². The molecule has 0 saturated heterocycles. The monoisotopic (exact) mass is 356 g/mol. The summed E-state index contributed by atoms with van der Waals surface area (Å²) in [6.45, 7) is 3.39. The van der Waals surface area contributed by atoms with Crippen molar-refractivity contribution < 1.29 is 19.1 Å². The molecular formula is C14H14BrFN2O3. The van der Waals surface area contributed by atoms with E-state index in [9.17, 15) is 14.0 Å². The van der Waals surface area contributed by atoms with Crippen LogP contribution in [-0.4, -0.2) is 28.0 Å². The molecule has 0 radical (unpaired) electrons. The number of fused-ring (bicyclic) bond motifs is 1. The fraction of sp³-hybridized carbons (Fsp3) is 0.286. The van der Waals surface area contributed by atoms with Crippen LogP contribution in [0.1, 0.15) is 24.3 Å². The lowest BCUT2D eigenvalue weighted by Crippen LogP contribution is -2.44. The van der Waals surface area contributed by atoms with Gasteiger partial charge < -0.3 is 15.4 Å². The zero-order valence-corrected chi connectivity index (χ0v) is 13.0. The molecule has 0 aliphatic rings. The summed E-state index contributed by atoms with van der Waals surface area (Å²) in [6, 6.07) is 3.31. The van der Waals surface area contributed by atoms with Gasteiger partial charge in [-0.15, -0.1) is 0 Å². The van der Waals surface area contributed by atoms with E-state index in [0.717, 1.165) is 0 Å². The van der Waals surface area contributed by atoms with Gasteiger partial charge in [0.15, 0.2) is 0 Å². The molecule has 0 fully saturated rings. The first-order valence-electron chi connectivity index (χ1n) is 6.31. The minimum Gasteiger partial charge on any atom is -0.480 e. The number of carbonyl (C=O) groups excluding carboxylic acids is 1. The predicted octanol–water partition coefficient (Wildman–Crippen LogP) is 2.91. The van der Waals surface area contributed by atoms with Crippen LogP contribution in [0.3, 0.4) is 0 Å². The Labute approximate surface area is 128 Å². The third kappa shape index (κ3) is 3.24. The number of rotatable bonds is 4. The second kappa shape index (κ2) is 5.85. The van der Waals surface area contributed by atoms with Crippen molar-refractivity contribution in [2.75, 3.05) is 0 Å². The quantitative estimate of drug-likeness (QED) is 0.787. The number of aromatic amines is 1. The zero-order chi connectivity index (χ0) is 15.7. The van der Waals surface area contributed by atoms with E-state index in [1.165, 1.54) is 12.1 Å². The summed E-state index contributed by atoms with van der Waals surface area (Å²) in [4.78, 5) is 26.0. The maximum atomic E-state index is 13.8. The number of carboxylic acids is 1. The Hall–Kier alpha value is -1.89. The molecule has 1 aromatic carbocycles. The van der Waals surface area contributed by atoms with Crippen LogP contribution in [0, 0.1) is 11.7 Å². The highest BCUT2D eigenvalue weighted by Gasteiger charge is 2.24. The summed E-state index contributed by atoms with van der Waals surface area (Å²) in [5, 5.41) is 11.8. The fourth-order valence-electron chi connectivity index (χ4n) is 2.02. The predicted molar refractivity (Wildman–Crippen MR) is 79.7 cm³/mol. The summed E-state index contributed by atoms with van der Waals surface area (Å²) in [5.41, 5.74) is 0.581. The number of benzene rings is 1. The third-order valence-corrected chi connectivity index (χ3v) is 3.57. The van der Waals surface area contributed by atoms with E-state index < -0.39 is 23.7 Å². The summed E-state index contributed by atoms with van der Waals surface area (Å²) in [5.74, 6) is -2.42. The molecule has 112 valence electrons. The maximum absolute atomic E-state index is 13.8. The molecule has 7 heteroatoms. The Morgan fingerprint density at radius 2 is 2.00 bits per heavy atom. The molecule has 0 saturated carbocycles. The first-order valence-corrected chi connectivity index (χ1v) is 7.10. The molecule has 3 N–H and O–H groups in total. The second-order valence-electron chi connectivity index (χ2n) is 5.07. The van der Waals surface area contributed by atoms with E-state index in [0.29, 0.717) is 9.99 Å². The molecule has 1 amide bonds. The SMILES string of the molecule is CC(C)[C@@H](NC(=O)c1cc2c(F)cc(Br)cc2[nH]1)C(=O)O. The third-order valence-electron chi connectivity index (χ3n) is 3.12. The Bertz CT molecular complexity index is 712. The number of carboxylic acid groups (broad SMARTS) is 1. The number of hydrogen-bond acceptors (Lipinski definition) is 2. The molecule has 1 aromatic heterocycles. The molecular weight excluding hydrogens is 343 g/mol. The van der Waals surface area contributed by atoms with Crippen molar-refractivity contribution in [1.82, 2.24) is 10.3 Å². The topological polar surface area (TPSA) is 82.2 Å². The van der Waals surface area contributed by atoms with Crippen LogP contribution in [-0.2, 0) is 4.79 Å². The number of hydrogen-bond donors (Lipinski definition) is 3. The van der Waals surface area contributed by atoms with Gasteiger partial charge in [-0.2, -0.15) is 0 Å². The van der Waals surface area contributed by atoms with E-state index in [-0.39, 0.29) is 17.0 Å². The highest BCUT2D eigenvalue weighted by molar-refractivity contribution is 9.10. The van der Waals surface area contributed by atoms with Crippen LogP contribution in [0.5, 0.6) is 0 Å². The molecule has 0 aliphatic heterocycles. The summed E-state index contributed by atoms with van der Waals surface area (Å²) in [7, 11) is 0. The average Bonchev–Trinajstić information content (AvgIpc) is 2.78. The lowest BCUT2D eigenvalue weighted by molar-refractivity contribution is -0.140. The van der Waals surface area contributed by atoms with Crippen molar-refractivity contribution >= 4 is 38.7 Å². The summed E-state index contributed by atoms with van der Waals surface area (Å²) in [6.07, 6.45) is 0. The first kappa shape index (κ1) is 15.5. The second-order valence-corrected chi connectivity index (χ2v) is 5.98. The van der Waals surface area contributed by atoms with Gasteiger partial charge in [0.05, 0.1) is 5.52 Å². The highest BCUT2D eigenvalue weighted by Crippen LogP contribution is 2.24. The number of nitrogens with one attached hydrogen (secondary N) is 2. The first-order chi connectivity index (χ1) is 9.79. The summed E-state index contributed by atoms with van der Waals surface area (Å²) >= 11 is 3.17. The van der Waals surface area contributed by atoms with E-state index in [1.54, 1.807) is 19.9 Å². The number of amides is 1. The molecule has 2 aromatic rings. The number of carbonyl (C=O) groups is 2. The molecule has 1 heterocycles. The Balaban J connectivity index is 2.31. The molecule has 21 heavy (non-hydrogen) atoms. The number of aromatic nitrogens is 1. The van der Waals surface area contributed by atoms with E-state index in [4.69, 9.17) is 5.11 Å². The number of H-pyrrole nitrogens is 1. The van der Waals surface area contributed by atoms with Crippen LogP contribution in [0.2, 0.25) is 0 Å². The van der Waals surface area contributed by atoms with Crippen molar-refractivity contribution in [2.24, 2.45) is 5.92 Å². The van der Waals surface area contributed by atoms with Gasteiger partial charge in [-0.05, 0) is 24.1 Å². The number of halogens is 2. The van der Waals surface area contributed by atoms with Gasteiger partial charge in [0, 0.05) is 9.86 Å². The van der Waals surface area contributed by atoms with Gasteiger partial charge >= 0.3 is 5.97 Å². The summed E-state index contributed by atoms with van der Waals surface area (Å²) < 4.78 is 14.3. The van der Waals surface area contributed by atoms with Crippen LogP contribution in [0.4, 0.5) is 4.39 Å². The van der Waals surface area contributed by atoms with Crippen LogP contribution < -0.4 is 5.32 Å². The standard InChI is InChI=1S/C14H14BrFN2O3/c1-6(2)12(14(20)21)18-13(19)11-5-8-9(16)3-7(15)4-10(8)17-11/h3-6,12,17H,1-2H3,(H,18,19)(H,20,21)/t12-/m1/s1. The molecule has 5 nitrogen and oxygen atoms in total. The van der Waals surface area contributed by atoms with E-state index >= 15 is 0 Å². The zero-order valence-electron chi connectivity index (χ0n) is 11.4. The van der Waals surface area contributed by atoms with Crippen LogP contribution >= 0.6 is 15.9 Å². The average molecular weight is 357 g/mol. The molecule has 0 spiro atoms.